The minimum Gasteiger partial charge on any atom is -0.496 e. The fourth-order valence-corrected chi connectivity index (χ4v) is 3.10. The lowest BCUT2D eigenvalue weighted by Crippen LogP contribution is -2.18. The molecule has 148 valence electrons. The Kier molecular flexibility index (Phi) is 5.73. The number of carbonyl (C=O) groups is 1. The van der Waals surface area contributed by atoms with Gasteiger partial charge in [0.25, 0.3) is 11.6 Å². The van der Waals surface area contributed by atoms with E-state index in [1.54, 1.807) is 6.21 Å². The summed E-state index contributed by atoms with van der Waals surface area (Å²) in [6, 6.07) is 15.7. The van der Waals surface area contributed by atoms with Gasteiger partial charge >= 0.3 is 0 Å². The molecule has 1 N–H and O–H groups in total. The van der Waals surface area contributed by atoms with E-state index < -0.39 is 10.8 Å². The van der Waals surface area contributed by atoms with Crippen LogP contribution in [0, 0.1) is 24.0 Å². The van der Waals surface area contributed by atoms with Crippen molar-refractivity contribution < 1.29 is 14.5 Å². The number of hydrazone groups is 1. The monoisotopic (exact) mass is 392 g/mol. The molecule has 0 saturated heterocycles. The van der Waals surface area contributed by atoms with Crippen LogP contribution in [0.25, 0.3) is 5.69 Å². The summed E-state index contributed by atoms with van der Waals surface area (Å²) in [5.74, 6) is -0.371. The number of nitro groups is 1. The number of methoxy groups -OCH3 is 1. The van der Waals surface area contributed by atoms with Crippen molar-refractivity contribution in [2.75, 3.05) is 7.11 Å². The van der Waals surface area contributed by atoms with E-state index in [1.807, 2.05) is 50.2 Å². The van der Waals surface area contributed by atoms with E-state index in [0.29, 0.717) is 0 Å². The van der Waals surface area contributed by atoms with Crippen LogP contribution in [0.15, 0.2) is 59.7 Å². The summed E-state index contributed by atoms with van der Waals surface area (Å²) in [5, 5.41) is 15.0. The lowest BCUT2D eigenvalue weighted by atomic mass is 10.1. The Morgan fingerprint density at radius 1 is 1.17 bits per heavy atom. The molecule has 0 spiro atoms. The number of rotatable bonds is 6. The van der Waals surface area contributed by atoms with Crippen LogP contribution in [0.2, 0.25) is 0 Å². The first-order chi connectivity index (χ1) is 13.9. The lowest BCUT2D eigenvalue weighted by molar-refractivity contribution is -0.384. The number of amides is 1. The number of ether oxygens (including phenoxy) is 1. The fourth-order valence-electron chi connectivity index (χ4n) is 3.10. The maximum absolute atomic E-state index is 12.4. The van der Waals surface area contributed by atoms with Crippen LogP contribution in [0.5, 0.6) is 5.75 Å². The van der Waals surface area contributed by atoms with Crippen molar-refractivity contribution in [3.05, 3.63) is 87.2 Å². The number of aromatic nitrogens is 1. The van der Waals surface area contributed by atoms with Gasteiger partial charge in [0.15, 0.2) is 0 Å². The number of carbonyl (C=O) groups excluding carboxylic acids is 1. The van der Waals surface area contributed by atoms with Crippen LogP contribution in [0.1, 0.15) is 27.3 Å². The maximum Gasteiger partial charge on any atom is 0.275 e. The van der Waals surface area contributed by atoms with Gasteiger partial charge < -0.3 is 9.30 Å². The summed E-state index contributed by atoms with van der Waals surface area (Å²) in [4.78, 5) is 22.8. The Balaban J connectivity index is 1.81. The number of para-hydroxylation sites is 1. The van der Waals surface area contributed by atoms with E-state index in [4.69, 9.17) is 4.74 Å². The molecule has 0 unspecified atom stereocenters. The molecule has 0 radical (unpaired) electrons. The second-order valence-corrected chi connectivity index (χ2v) is 6.34. The molecule has 29 heavy (non-hydrogen) atoms. The van der Waals surface area contributed by atoms with Crippen molar-refractivity contribution in [1.82, 2.24) is 9.99 Å². The normalized spacial score (nSPS) is 10.9. The average Bonchev–Trinajstić information content (AvgIpc) is 3.01. The van der Waals surface area contributed by atoms with Crippen LogP contribution in [0.3, 0.4) is 0 Å². The van der Waals surface area contributed by atoms with Gasteiger partial charge in [-0.3, -0.25) is 14.9 Å². The van der Waals surface area contributed by atoms with Crippen molar-refractivity contribution in [3.63, 3.8) is 0 Å². The van der Waals surface area contributed by atoms with Crippen molar-refractivity contribution in [3.8, 4) is 11.4 Å². The molecule has 0 aliphatic rings. The third-order valence-electron chi connectivity index (χ3n) is 4.49. The largest absolute Gasteiger partial charge is 0.496 e. The zero-order valence-corrected chi connectivity index (χ0v) is 16.2. The molecule has 1 heterocycles. The van der Waals surface area contributed by atoms with Crippen LogP contribution in [-0.4, -0.2) is 28.7 Å². The minimum atomic E-state index is -0.598. The van der Waals surface area contributed by atoms with E-state index in [2.05, 4.69) is 15.1 Å². The van der Waals surface area contributed by atoms with Gasteiger partial charge in [0.05, 0.1) is 23.8 Å². The van der Waals surface area contributed by atoms with Crippen LogP contribution in [-0.2, 0) is 0 Å². The van der Waals surface area contributed by atoms with Crippen molar-refractivity contribution in [2.24, 2.45) is 5.10 Å². The second-order valence-electron chi connectivity index (χ2n) is 6.34. The van der Waals surface area contributed by atoms with Gasteiger partial charge in [0.1, 0.15) is 5.75 Å². The Morgan fingerprint density at radius 2 is 1.90 bits per heavy atom. The molecule has 0 aliphatic heterocycles. The summed E-state index contributed by atoms with van der Waals surface area (Å²) in [6.45, 7) is 3.96. The number of nitrogens with one attached hydrogen (secondary N) is 1. The van der Waals surface area contributed by atoms with Crippen molar-refractivity contribution in [2.45, 2.75) is 13.8 Å². The van der Waals surface area contributed by atoms with Crippen LogP contribution >= 0.6 is 0 Å². The number of non-ortho nitro benzene ring substituents is 1. The predicted octanol–water partition coefficient (Wildman–Crippen LogP) is 3.77. The third kappa shape index (κ3) is 4.16. The molecule has 0 bridgehead atoms. The van der Waals surface area contributed by atoms with Crippen LogP contribution in [0.4, 0.5) is 5.69 Å². The first-order valence-electron chi connectivity index (χ1n) is 8.82. The summed E-state index contributed by atoms with van der Waals surface area (Å²) < 4.78 is 7.20. The van der Waals surface area contributed by atoms with Gasteiger partial charge in [-0.1, -0.05) is 18.2 Å². The summed E-state index contributed by atoms with van der Waals surface area (Å²) in [5.41, 5.74) is 6.12. The quantitative estimate of drug-likeness (QED) is 0.392. The molecule has 1 aromatic heterocycles. The molecule has 8 heteroatoms. The first kappa shape index (κ1) is 19.8. The Labute approximate surface area is 167 Å². The minimum absolute atomic E-state index is 0.0357. The highest BCUT2D eigenvalue weighted by atomic mass is 16.6. The van der Waals surface area contributed by atoms with E-state index in [-0.39, 0.29) is 17.0 Å². The highest BCUT2D eigenvalue weighted by Gasteiger charge is 2.17. The Bertz CT molecular complexity index is 1090. The van der Waals surface area contributed by atoms with Crippen molar-refractivity contribution >= 4 is 17.8 Å². The number of nitrogens with zero attached hydrogens (tertiary/aromatic N) is 3. The van der Waals surface area contributed by atoms with Gasteiger partial charge in [-0.25, -0.2) is 5.43 Å². The van der Waals surface area contributed by atoms with Gasteiger partial charge in [0, 0.05) is 34.8 Å². The number of nitro benzene ring substituents is 1. The topological polar surface area (TPSA) is 98.8 Å². The smallest absolute Gasteiger partial charge is 0.275 e. The summed E-state index contributed by atoms with van der Waals surface area (Å²) in [7, 11) is 1.39. The number of hydrogen-bond acceptors (Lipinski definition) is 5. The summed E-state index contributed by atoms with van der Waals surface area (Å²) >= 11 is 0. The van der Waals surface area contributed by atoms with E-state index in [9.17, 15) is 14.9 Å². The highest BCUT2D eigenvalue weighted by molar-refractivity contribution is 5.98. The SMILES string of the molecule is COc1ccc([N+](=O)[O-])cc1C(=O)N/N=C\c1cc(C)n(-c2ccccc2)c1C. The molecule has 3 aromatic rings. The molecule has 8 nitrogen and oxygen atoms in total. The number of benzene rings is 2. The fraction of sp³-hybridized carbons (Fsp3) is 0.143. The van der Waals surface area contributed by atoms with Gasteiger partial charge in [-0.2, -0.15) is 5.10 Å². The van der Waals surface area contributed by atoms with Gasteiger partial charge in [0.2, 0.25) is 0 Å². The molecule has 2 aromatic carbocycles. The highest BCUT2D eigenvalue weighted by Crippen LogP contribution is 2.24. The number of hydrogen-bond donors (Lipinski definition) is 1. The number of aryl methyl sites for hydroxylation is 1. The van der Waals surface area contributed by atoms with Crippen LogP contribution < -0.4 is 10.2 Å². The standard InChI is InChI=1S/C21H20N4O4/c1-14-11-16(15(2)24(14)17-7-5-4-6-8-17)13-22-23-21(26)19-12-18(25(27)28)9-10-20(19)29-3/h4-13H,1-3H3,(H,23,26)/b22-13-. The Hall–Kier alpha value is -3.94. The molecule has 3 rings (SSSR count). The maximum atomic E-state index is 12.4. The second kappa shape index (κ2) is 8.39. The zero-order valence-electron chi connectivity index (χ0n) is 16.2. The molecule has 0 atom stereocenters. The van der Waals surface area contributed by atoms with E-state index in [1.165, 1.54) is 19.2 Å². The average molecular weight is 392 g/mol. The molecular formula is C21H20N4O4. The first-order valence-corrected chi connectivity index (χ1v) is 8.82. The zero-order chi connectivity index (χ0) is 21.0. The van der Waals surface area contributed by atoms with Gasteiger partial charge in [-0.05, 0) is 38.1 Å². The molecule has 0 fully saturated rings. The lowest BCUT2D eigenvalue weighted by Gasteiger charge is -2.09. The molecule has 0 saturated carbocycles. The van der Waals surface area contributed by atoms with E-state index >= 15 is 0 Å². The predicted molar refractivity (Wildman–Crippen MR) is 110 cm³/mol. The molecular weight excluding hydrogens is 372 g/mol. The van der Waals surface area contributed by atoms with E-state index in [0.717, 1.165) is 28.7 Å². The van der Waals surface area contributed by atoms with Crippen molar-refractivity contribution in [1.29, 1.82) is 0 Å². The molecule has 1 amide bonds. The Morgan fingerprint density at radius 3 is 2.55 bits per heavy atom. The summed E-state index contributed by atoms with van der Waals surface area (Å²) in [6.07, 6.45) is 1.55. The third-order valence-corrected chi connectivity index (χ3v) is 4.49. The van der Waals surface area contributed by atoms with Gasteiger partial charge in [-0.15, -0.1) is 0 Å². The molecule has 0 aliphatic carbocycles.